The van der Waals surface area contributed by atoms with E-state index in [1.165, 1.54) is 31.2 Å². The molecule has 0 saturated carbocycles. The molecule has 10 heteroatoms. The van der Waals surface area contributed by atoms with Gasteiger partial charge in [0, 0.05) is 17.5 Å². The van der Waals surface area contributed by atoms with Crippen molar-refractivity contribution in [3.8, 4) is 11.3 Å². The van der Waals surface area contributed by atoms with Crippen LogP contribution < -0.4 is 5.76 Å². The molecule has 7 nitrogen and oxygen atoms in total. The van der Waals surface area contributed by atoms with Crippen LogP contribution in [-0.4, -0.2) is 38.5 Å². The molecule has 0 fully saturated rings. The number of aromatic amines is 2. The van der Waals surface area contributed by atoms with E-state index in [1.54, 1.807) is 18.2 Å². The molecular formula is C22H17F3N4O3. The fourth-order valence-electron chi connectivity index (χ4n) is 4.08. The maximum Gasteiger partial charge on any atom is 0.417 e. The topological polar surface area (TPSA) is 95.0 Å². The van der Waals surface area contributed by atoms with Crippen LogP contribution in [0.3, 0.4) is 0 Å². The molecule has 3 heterocycles. The van der Waals surface area contributed by atoms with Gasteiger partial charge in [0.1, 0.15) is 17.2 Å². The summed E-state index contributed by atoms with van der Waals surface area (Å²) in [5.74, 6) is -4.90. The Morgan fingerprint density at radius 1 is 1.16 bits per heavy atom. The molecular weight excluding hydrogens is 425 g/mol. The third-order valence-electron chi connectivity index (χ3n) is 5.67. The molecule has 1 unspecified atom stereocenters. The zero-order chi connectivity index (χ0) is 22.6. The Labute approximate surface area is 178 Å². The molecule has 2 aromatic heterocycles. The number of H-pyrrole nitrogens is 2. The average Bonchev–Trinajstić information content (AvgIpc) is 3.43. The second-order valence-electron chi connectivity index (χ2n) is 7.65. The number of para-hydroxylation sites is 1. The monoisotopic (exact) mass is 442 g/mol. The second kappa shape index (κ2) is 7.11. The predicted molar refractivity (Wildman–Crippen MR) is 109 cm³/mol. The number of hydrogen-bond acceptors (Lipinski definition) is 4. The number of nitrogens with one attached hydrogen (secondary N) is 2. The Balaban J connectivity index is 1.72. The highest BCUT2D eigenvalue weighted by molar-refractivity contribution is 6.01. The summed E-state index contributed by atoms with van der Waals surface area (Å²) in [4.78, 5) is 28.5. The van der Waals surface area contributed by atoms with Gasteiger partial charge in [-0.3, -0.25) is 14.9 Å². The van der Waals surface area contributed by atoms with Gasteiger partial charge in [0.05, 0.1) is 18.1 Å². The van der Waals surface area contributed by atoms with Gasteiger partial charge in [0.25, 0.3) is 11.8 Å². The minimum absolute atomic E-state index is 0.0658. The van der Waals surface area contributed by atoms with E-state index >= 15 is 0 Å². The quantitative estimate of drug-likeness (QED) is 0.483. The largest absolute Gasteiger partial charge is 0.417 e. The number of nitrogens with zero attached hydrogens (tertiary/aromatic N) is 2. The molecule has 2 N–H and O–H groups in total. The molecule has 164 valence electrons. The molecule has 1 atom stereocenters. The summed E-state index contributed by atoms with van der Waals surface area (Å²) in [7, 11) is 0. The number of amides is 1. The minimum atomic E-state index is -3.11. The normalized spacial score (nSPS) is 16.2. The third-order valence-corrected chi connectivity index (χ3v) is 5.67. The summed E-state index contributed by atoms with van der Waals surface area (Å²) in [5.41, 5.74) is 2.26. The van der Waals surface area contributed by atoms with Crippen LogP contribution in [-0.2, 0) is 0 Å². The first-order valence-electron chi connectivity index (χ1n) is 9.94. The Morgan fingerprint density at radius 2 is 1.91 bits per heavy atom. The lowest BCUT2D eigenvalue weighted by Gasteiger charge is -2.29. The van der Waals surface area contributed by atoms with Crippen LogP contribution in [0, 0.1) is 5.82 Å². The average molecular weight is 442 g/mol. The third kappa shape index (κ3) is 3.10. The number of carbonyl (C=O) groups is 1. The van der Waals surface area contributed by atoms with E-state index < -0.39 is 42.4 Å². The molecule has 0 saturated heterocycles. The Bertz CT molecular complexity index is 1390. The van der Waals surface area contributed by atoms with Gasteiger partial charge in [-0.15, -0.1) is 0 Å². The maximum atomic E-state index is 14.4. The van der Waals surface area contributed by atoms with Gasteiger partial charge in [-0.25, -0.2) is 18.0 Å². The molecule has 2 aromatic carbocycles. The summed E-state index contributed by atoms with van der Waals surface area (Å²) < 4.78 is 47.5. The Morgan fingerprint density at radius 3 is 2.62 bits per heavy atom. The Kier molecular flexibility index (Phi) is 4.47. The fourth-order valence-corrected chi connectivity index (χ4v) is 4.08. The van der Waals surface area contributed by atoms with Gasteiger partial charge in [-0.05, 0) is 29.8 Å². The van der Waals surface area contributed by atoms with Crippen molar-refractivity contribution in [1.82, 2.24) is 20.1 Å². The van der Waals surface area contributed by atoms with E-state index in [2.05, 4.69) is 15.2 Å². The first-order chi connectivity index (χ1) is 15.3. The van der Waals surface area contributed by atoms with Gasteiger partial charge in [0.2, 0.25) is 0 Å². The van der Waals surface area contributed by atoms with Crippen LogP contribution >= 0.6 is 0 Å². The molecule has 32 heavy (non-hydrogen) atoms. The highest BCUT2D eigenvalue weighted by Gasteiger charge is 2.46. The van der Waals surface area contributed by atoms with Gasteiger partial charge in [0.15, 0.2) is 5.58 Å². The van der Waals surface area contributed by atoms with Crippen LogP contribution in [0.2, 0.25) is 0 Å². The van der Waals surface area contributed by atoms with Crippen molar-refractivity contribution in [2.75, 3.05) is 6.54 Å². The molecule has 4 aromatic rings. The molecule has 0 spiro atoms. The molecule has 5 rings (SSSR count). The van der Waals surface area contributed by atoms with E-state index in [4.69, 9.17) is 4.42 Å². The van der Waals surface area contributed by atoms with Crippen molar-refractivity contribution >= 4 is 17.0 Å². The number of halogens is 3. The van der Waals surface area contributed by atoms with E-state index in [0.717, 1.165) is 4.90 Å². The summed E-state index contributed by atoms with van der Waals surface area (Å²) >= 11 is 0. The van der Waals surface area contributed by atoms with E-state index in [1.807, 2.05) is 0 Å². The number of hydrogen-bond donors (Lipinski definition) is 2. The van der Waals surface area contributed by atoms with Crippen LogP contribution in [0.25, 0.3) is 22.4 Å². The predicted octanol–water partition coefficient (Wildman–Crippen LogP) is 4.24. The van der Waals surface area contributed by atoms with Crippen molar-refractivity contribution in [2.24, 2.45) is 0 Å². The van der Waals surface area contributed by atoms with E-state index in [-0.39, 0.29) is 11.3 Å². The van der Waals surface area contributed by atoms with E-state index in [9.17, 15) is 22.8 Å². The SMILES string of the molecule is CCC(F)(F)CN1C(=O)c2[nH]nc(-c3cccc4[nH]c(=O)oc34)c2C1c1ccc(F)cc1. The smallest absolute Gasteiger partial charge is 0.407 e. The number of fused-ring (bicyclic) bond motifs is 2. The minimum Gasteiger partial charge on any atom is -0.407 e. The number of carbonyl (C=O) groups excluding carboxylic acids is 1. The lowest BCUT2D eigenvalue weighted by Crippen LogP contribution is -2.39. The summed E-state index contributed by atoms with van der Waals surface area (Å²) in [6.07, 6.45) is -0.445. The van der Waals surface area contributed by atoms with Crippen LogP contribution in [0.15, 0.2) is 51.7 Å². The van der Waals surface area contributed by atoms with Crippen molar-refractivity contribution in [2.45, 2.75) is 25.3 Å². The zero-order valence-corrected chi connectivity index (χ0v) is 16.8. The van der Waals surface area contributed by atoms with Crippen molar-refractivity contribution in [3.63, 3.8) is 0 Å². The molecule has 0 bridgehead atoms. The summed E-state index contributed by atoms with van der Waals surface area (Å²) in [6.45, 7) is 0.532. The van der Waals surface area contributed by atoms with Crippen LogP contribution in [0.5, 0.6) is 0 Å². The van der Waals surface area contributed by atoms with Gasteiger partial charge in [-0.2, -0.15) is 5.10 Å². The number of rotatable bonds is 5. The van der Waals surface area contributed by atoms with Gasteiger partial charge in [-0.1, -0.05) is 25.1 Å². The highest BCUT2D eigenvalue weighted by atomic mass is 19.3. The zero-order valence-electron chi connectivity index (χ0n) is 16.8. The standard InChI is InChI=1S/C22H17F3N4O3/c1-2-22(24,25)10-29-18(11-6-8-12(23)9-7-11)15-16(27-28-17(15)20(29)30)13-4-3-5-14-19(13)32-21(31)26-14/h3-9,18H,2,10H2,1H3,(H,26,31)(H,27,28). The van der Waals surface area contributed by atoms with Crippen molar-refractivity contribution in [1.29, 1.82) is 0 Å². The fraction of sp³-hybridized carbons (Fsp3) is 0.227. The maximum absolute atomic E-state index is 14.4. The number of benzene rings is 2. The lowest BCUT2D eigenvalue weighted by atomic mass is 9.95. The van der Waals surface area contributed by atoms with Crippen LogP contribution in [0.4, 0.5) is 13.2 Å². The number of alkyl halides is 2. The van der Waals surface area contributed by atoms with Crippen LogP contribution in [0.1, 0.15) is 41.0 Å². The molecule has 0 radical (unpaired) electrons. The first kappa shape index (κ1) is 20.1. The van der Waals surface area contributed by atoms with Crippen molar-refractivity contribution < 1.29 is 22.4 Å². The highest BCUT2D eigenvalue weighted by Crippen LogP contribution is 2.45. The molecule has 1 aliphatic heterocycles. The Hall–Kier alpha value is -3.82. The lowest BCUT2D eigenvalue weighted by molar-refractivity contribution is -0.0338. The molecule has 1 amide bonds. The molecule has 1 aliphatic rings. The number of aromatic nitrogens is 3. The summed E-state index contributed by atoms with van der Waals surface area (Å²) in [5, 5.41) is 6.91. The second-order valence-corrected chi connectivity index (χ2v) is 7.65. The number of oxazole rings is 1. The van der Waals surface area contributed by atoms with Gasteiger partial charge < -0.3 is 9.32 Å². The first-order valence-corrected chi connectivity index (χ1v) is 9.94. The van der Waals surface area contributed by atoms with E-state index in [0.29, 0.717) is 27.9 Å². The van der Waals surface area contributed by atoms with Crippen molar-refractivity contribution in [3.05, 3.63) is 75.7 Å². The molecule has 0 aliphatic carbocycles. The summed E-state index contributed by atoms with van der Waals surface area (Å²) in [6, 6.07) is 9.37. The van der Waals surface area contributed by atoms with Gasteiger partial charge >= 0.3 is 5.76 Å².